The second-order valence-electron chi connectivity index (χ2n) is 5.02. The molecule has 1 aliphatic carbocycles. The topological polar surface area (TPSA) is 9.23 Å². The Labute approximate surface area is 122 Å². The first-order valence-electron chi connectivity index (χ1n) is 6.77. The predicted octanol–water partition coefficient (Wildman–Crippen LogP) is 5.04. The maximum absolute atomic E-state index is 6.13. The van der Waals surface area contributed by atoms with Gasteiger partial charge in [0.05, 0.1) is 12.7 Å². The molecule has 1 nitrogen and oxygen atoms in total. The highest BCUT2D eigenvalue weighted by molar-refractivity contribution is 9.10. The largest absolute Gasteiger partial charge is 0.369 e. The van der Waals surface area contributed by atoms with Crippen LogP contribution in [0.25, 0.3) is 0 Å². The van der Waals surface area contributed by atoms with Gasteiger partial charge in [0.1, 0.15) is 0 Å². The molecule has 0 heterocycles. The second kappa shape index (κ2) is 5.89. The van der Waals surface area contributed by atoms with E-state index in [4.69, 9.17) is 4.74 Å². The van der Waals surface area contributed by atoms with Crippen LogP contribution in [0.5, 0.6) is 0 Å². The van der Waals surface area contributed by atoms with Crippen LogP contribution in [-0.2, 0) is 17.8 Å². The standard InChI is InChI=1S/C17H17BrO/c18-15-8-3-5-13(11-15)12-19-17-10-4-7-14-6-1-2-9-16(14)17/h1-3,5-6,8-9,11,17H,4,7,10,12H2. The highest BCUT2D eigenvalue weighted by Gasteiger charge is 2.20. The fourth-order valence-electron chi connectivity index (χ4n) is 2.71. The van der Waals surface area contributed by atoms with Gasteiger partial charge in [-0.3, -0.25) is 0 Å². The van der Waals surface area contributed by atoms with Gasteiger partial charge in [-0.2, -0.15) is 0 Å². The summed E-state index contributed by atoms with van der Waals surface area (Å²) in [7, 11) is 0. The first kappa shape index (κ1) is 12.9. The average Bonchev–Trinajstić information content (AvgIpc) is 2.45. The number of rotatable bonds is 3. The molecule has 98 valence electrons. The summed E-state index contributed by atoms with van der Waals surface area (Å²) in [5.41, 5.74) is 4.05. The maximum Gasteiger partial charge on any atom is 0.0832 e. The van der Waals surface area contributed by atoms with E-state index in [1.807, 2.05) is 6.07 Å². The molecule has 0 N–H and O–H groups in total. The van der Waals surface area contributed by atoms with Gasteiger partial charge in [0.2, 0.25) is 0 Å². The third-order valence-corrected chi connectivity index (χ3v) is 4.15. The van der Waals surface area contributed by atoms with Gasteiger partial charge in [-0.05, 0) is 48.1 Å². The molecule has 0 spiro atoms. The van der Waals surface area contributed by atoms with Crippen LogP contribution in [0, 0.1) is 0 Å². The molecule has 0 amide bonds. The maximum atomic E-state index is 6.13. The summed E-state index contributed by atoms with van der Waals surface area (Å²) in [6.07, 6.45) is 3.79. The third kappa shape index (κ3) is 3.07. The van der Waals surface area contributed by atoms with Crippen molar-refractivity contribution in [3.8, 4) is 0 Å². The van der Waals surface area contributed by atoms with Crippen LogP contribution >= 0.6 is 15.9 Å². The fourth-order valence-corrected chi connectivity index (χ4v) is 3.15. The number of hydrogen-bond acceptors (Lipinski definition) is 1. The second-order valence-corrected chi connectivity index (χ2v) is 5.94. The molecule has 0 bridgehead atoms. The van der Waals surface area contributed by atoms with Crippen molar-refractivity contribution in [3.63, 3.8) is 0 Å². The number of benzene rings is 2. The van der Waals surface area contributed by atoms with Crippen molar-refractivity contribution in [2.24, 2.45) is 0 Å². The van der Waals surface area contributed by atoms with Crippen LogP contribution in [0.1, 0.15) is 35.6 Å². The van der Waals surface area contributed by atoms with Crippen LogP contribution in [0.4, 0.5) is 0 Å². The zero-order valence-corrected chi connectivity index (χ0v) is 12.4. The monoisotopic (exact) mass is 316 g/mol. The summed E-state index contributed by atoms with van der Waals surface area (Å²) in [6.45, 7) is 0.679. The molecule has 1 unspecified atom stereocenters. The molecule has 2 heteroatoms. The number of hydrogen-bond donors (Lipinski definition) is 0. The Kier molecular flexibility index (Phi) is 4.00. The number of aryl methyl sites for hydroxylation is 1. The summed E-state index contributed by atoms with van der Waals surface area (Å²) in [4.78, 5) is 0. The zero-order chi connectivity index (χ0) is 13.1. The van der Waals surface area contributed by atoms with Gasteiger partial charge >= 0.3 is 0 Å². The van der Waals surface area contributed by atoms with E-state index in [9.17, 15) is 0 Å². The lowest BCUT2D eigenvalue weighted by Crippen LogP contribution is -2.12. The van der Waals surface area contributed by atoms with Gasteiger partial charge in [-0.1, -0.05) is 52.3 Å². The Bertz CT molecular complexity index is 565. The first-order valence-corrected chi connectivity index (χ1v) is 7.56. The third-order valence-electron chi connectivity index (χ3n) is 3.65. The molecule has 0 fully saturated rings. The number of ether oxygens (including phenoxy) is 1. The van der Waals surface area contributed by atoms with Crippen molar-refractivity contribution in [3.05, 3.63) is 69.7 Å². The van der Waals surface area contributed by atoms with Crippen LogP contribution in [0.15, 0.2) is 53.0 Å². The van der Waals surface area contributed by atoms with Crippen molar-refractivity contribution in [2.75, 3.05) is 0 Å². The highest BCUT2D eigenvalue weighted by Crippen LogP contribution is 2.33. The van der Waals surface area contributed by atoms with E-state index in [0.717, 1.165) is 10.9 Å². The van der Waals surface area contributed by atoms with Gasteiger partial charge in [0.25, 0.3) is 0 Å². The van der Waals surface area contributed by atoms with Crippen molar-refractivity contribution in [1.82, 2.24) is 0 Å². The molecule has 0 saturated carbocycles. The van der Waals surface area contributed by atoms with Gasteiger partial charge < -0.3 is 4.74 Å². The minimum absolute atomic E-state index is 0.254. The molecule has 1 aliphatic rings. The average molecular weight is 317 g/mol. The quantitative estimate of drug-likeness (QED) is 0.770. The molecule has 1 atom stereocenters. The summed E-state index contributed by atoms with van der Waals surface area (Å²) in [6, 6.07) is 17.0. The summed E-state index contributed by atoms with van der Waals surface area (Å²) in [5.74, 6) is 0. The van der Waals surface area contributed by atoms with Crippen LogP contribution in [0.3, 0.4) is 0 Å². The lowest BCUT2D eigenvalue weighted by Gasteiger charge is -2.25. The van der Waals surface area contributed by atoms with Crippen LogP contribution in [-0.4, -0.2) is 0 Å². The summed E-state index contributed by atoms with van der Waals surface area (Å²) < 4.78 is 7.24. The van der Waals surface area contributed by atoms with E-state index in [1.165, 1.54) is 29.5 Å². The predicted molar refractivity (Wildman–Crippen MR) is 81.1 cm³/mol. The molecule has 0 radical (unpaired) electrons. The smallest absolute Gasteiger partial charge is 0.0832 e. The summed E-state index contributed by atoms with van der Waals surface area (Å²) >= 11 is 3.50. The van der Waals surface area contributed by atoms with Crippen molar-refractivity contribution >= 4 is 15.9 Å². The van der Waals surface area contributed by atoms with E-state index in [-0.39, 0.29) is 6.10 Å². The molecule has 0 saturated heterocycles. The van der Waals surface area contributed by atoms with Crippen LogP contribution < -0.4 is 0 Å². The lowest BCUT2D eigenvalue weighted by molar-refractivity contribution is 0.0282. The van der Waals surface area contributed by atoms with Crippen molar-refractivity contribution < 1.29 is 4.74 Å². The number of halogens is 1. The molecular weight excluding hydrogens is 300 g/mol. The van der Waals surface area contributed by atoms with E-state index in [0.29, 0.717) is 6.61 Å². The molecular formula is C17H17BrO. The molecule has 0 aliphatic heterocycles. The highest BCUT2D eigenvalue weighted by atomic mass is 79.9. The minimum Gasteiger partial charge on any atom is -0.369 e. The zero-order valence-electron chi connectivity index (χ0n) is 10.8. The van der Waals surface area contributed by atoms with Gasteiger partial charge in [0.15, 0.2) is 0 Å². The van der Waals surface area contributed by atoms with E-state index in [2.05, 4.69) is 58.4 Å². The Balaban J connectivity index is 1.71. The van der Waals surface area contributed by atoms with E-state index in [1.54, 1.807) is 0 Å². The van der Waals surface area contributed by atoms with E-state index >= 15 is 0 Å². The Morgan fingerprint density at radius 1 is 1.11 bits per heavy atom. The normalized spacial score (nSPS) is 18.1. The van der Waals surface area contributed by atoms with E-state index < -0.39 is 0 Å². The molecule has 2 aromatic carbocycles. The van der Waals surface area contributed by atoms with Gasteiger partial charge in [-0.25, -0.2) is 0 Å². The van der Waals surface area contributed by atoms with Gasteiger partial charge in [-0.15, -0.1) is 0 Å². The molecule has 0 aromatic heterocycles. The lowest BCUT2D eigenvalue weighted by atomic mass is 9.89. The summed E-state index contributed by atoms with van der Waals surface area (Å²) in [5, 5.41) is 0. The minimum atomic E-state index is 0.254. The molecule has 3 rings (SSSR count). The Morgan fingerprint density at radius 2 is 2.00 bits per heavy atom. The first-order chi connectivity index (χ1) is 9.33. The Hall–Kier alpha value is -1.12. The molecule has 2 aromatic rings. The SMILES string of the molecule is Brc1cccc(COC2CCCc3ccccc32)c1. The van der Waals surface area contributed by atoms with Gasteiger partial charge in [0, 0.05) is 4.47 Å². The van der Waals surface area contributed by atoms with Crippen LogP contribution in [0.2, 0.25) is 0 Å². The van der Waals surface area contributed by atoms with Crippen molar-refractivity contribution in [1.29, 1.82) is 0 Å². The Morgan fingerprint density at radius 3 is 2.89 bits per heavy atom. The number of fused-ring (bicyclic) bond motifs is 1. The van der Waals surface area contributed by atoms with Crippen molar-refractivity contribution in [2.45, 2.75) is 32.0 Å². The fraction of sp³-hybridized carbons (Fsp3) is 0.294. The molecule has 19 heavy (non-hydrogen) atoms.